The lowest BCUT2D eigenvalue weighted by Crippen LogP contribution is -2.21. The molecule has 0 aliphatic carbocycles. The summed E-state index contributed by atoms with van der Waals surface area (Å²) >= 11 is 1.96. The van der Waals surface area contributed by atoms with Crippen LogP contribution >= 0.6 is 11.8 Å². The van der Waals surface area contributed by atoms with Crippen molar-refractivity contribution in [3.05, 3.63) is 18.1 Å². The summed E-state index contributed by atoms with van der Waals surface area (Å²) in [5.41, 5.74) is 8.66. The molecule has 2 unspecified atom stereocenters. The van der Waals surface area contributed by atoms with Crippen molar-refractivity contribution in [2.45, 2.75) is 32.4 Å². The Morgan fingerprint density at radius 1 is 1.43 bits per heavy atom. The number of aliphatic hydroxyl groups excluding tert-OH is 1. The number of unbranched alkanes of at least 4 members (excludes halogenated alkanes) is 1. The molecule has 0 saturated carbocycles. The standard InChI is InChI=1S/C16H25N5OS/c1-2-3-4-23-9-12-7-21(8-13(12)22)6-11-5-18-15-14(11)19-10-20-16(15)17/h5,10,12-13,18,22H,2-4,6-9H2,1H3,(H2,17,19,20). The van der Waals surface area contributed by atoms with Crippen molar-refractivity contribution < 1.29 is 5.11 Å². The quantitative estimate of drug-likeness (QED) is 0.669. The first-order valence-corrected chi connectivity index (χ1v) is 9.39. The number of aromatic amines is 1. The predicted molar refractivity (Wildman–Crippen MR) is 95.3 cm³/mol. The fraction of sp³-hybridized carbons (Fsp3) is 0.625. The molecule has 2 aromatic heterocycles. The number of nitrogens with zero attached hydrogens (tertiary/aromatic N) is 3. The van der Waals surface area contributed by atoms with Crippen LogP contribution in [0.1, 0.15) is 25.3 Å². The number of nitrogen functional groups attached to an aromatic ring is 1. The topological polar surface area (TPSA) is 91.1 Å². The fourth-order valence-electron chi connectivity index (χ4n) is 3.09. The van der Waals surface area contributed by atoms with E-state index in [0.29, 0.717) is 11.7 Å². The Kier molecular flexibility index (Phi) is 5.40. The number of rotatable bonds is 7. The minimum absolute atomic E-state index is 0.228. The van der Waals surface area contributed by atoms with E-state index in [9.17, 15) is 5.11 Å². The van der Waals surface area contributed by atoms with E-state index in [1.165, 1.54) is 24.9 Å². The van der Waals surface area contributed by atoms with E-state index in [1.54, 1.807) is 0 Å². The summed E-state index contributed by atoms with van der Waals surface area (Å²) in [6, 6.07) is 0. The van der Waals surface area contributed by atoms with Crippen molar-refractivity contribution in [2.75, 3.05) is 30.3 Å². The average molecular weight is 335 g/mol. The molecule has 1 saturated heterocycles. The Hall–Kier alpha value is -1.31. The molecular weight excluding hydrogens is 310 g/mol. The summed E-state index contributed by atoms with van der Waals surface area (Å²) in [7, 11) is 0. The van der Waals surface area contributed by atoms with Gasteiger partial charge in [0.25, 0.3) is 0 Å². The highest BCUT2D eigenvalue weighted by Gasteiger charge is 2.31. The lowest BCUT2D eigenvalue weighted by molar-refractivity contribution is 0.149. The van der Waals surface area contributed by atoms with Gasteiger partial charge in [0.05, 0.1) is 11.6 Å². The number of hydrogen-bond acceptors (Lipinski definition) is 6. The number of nitrogens with one attached hydrogen (secondary N) is 1. The van der Waals surface area contributed by atoms with Crippen LogP contribution in [0.3, 0.4) is 0 Å². The van der Waals surface area contributed by atoms with Gasteiger partial charge in [-0.05, 0) is 17.9 Å². The summed E-state index contributed by atoms with van der Waals surface area (Å²) < 4.78 is 0. The molecule has 1 fully saturated rings. The van der Waals surface area contributed by atoms with E-state index in [0.717, 1.165) is 42.0 Å². The van der Waals surface area contributed by atoms with Crippen molar-refractivity contribution >= 4 is 28.6 Å². The molecule has 3 rings (SSSR count). The Bertz CT molecular complexity index is 646. The Balaban J connectivity index is 1.59. The van der Waals surface area contributed by atoms with Gasteiger partial charge in [0.15, 0.2) is 5.82 Å². The number of fused-ring (bicyclic) bond motifs is 1. The molecule has 23 heavy (non-hydrogen) atoms. The first-order chi connectivity index (χ1) is 11.2. The van der Waals surface area contributed by atoms with Crippen LogP contribution < -0.4 is 5.73 Å². The molecule has 7 heteroatoms. The third-order valence-corrected chi connectivity index (χ3v) is 5.66. The van der Waals surface area contributed by atoms with Crippen LogP contribution in [-0.2, 0) is 6.54 Å². The number of likely N-dealkylation sites (tertiary alicyclic amines) is 1. The van der Waals surface area contributed by atoms with E-state index in [4.69, 9.17) is 5.73 Å². The van der Waals surface area contributed by atoms with Crippen LogP contribution in [0, 0.1) is 5.92 Å². The SMILES string of the molecule is CCCCSCC1CN(Cc2c[nH]c3c(N)ncnc23)CC1O. The molecule has 0 aromatic carbocycles. The first kappa shape index (κ1) is 16.5. The molecule has 1 aliphatic rings. The van der Waals surface area contributed by atoms with Crippen LogP contribution in [0.4, 0.5) is 5.82 Å². The summed E-state index contributed by atoms with van der Waals surface area (Å²) in [6.07, 6.45) is 5.71. The smallest absolute Gasteiger partial charge is 0.151 e. The van der Waals surface area contributed by atoms with Gasteiger partial charge in [-0.2, -0.15) is 11.8 Å². The van der Waals surface area contributed by atoms with Crippen molar-refractivity contribution in [1.29, 1.82) is 0 Å². The molecule has 0 spiro atoms. The minimum atomic E-state index is -0.228. The second kappa shape index (κ2) is 7.51. The van der Waals surface area contributed by atoms with Gasteiger partial charge in [-0.1, -0.05) is 13.3 Å². The number of β-amino-alcohol motifs (C(OH)–C–C–N with tert-alkyl or cyclic N) is 1. The van der Waals surface area contributed by atoms with Gasteiger partial charge < -0.3 is 15.8 Å². The second-order valence-corrected chi connectivity index (χ2v) is 7.40. The van der Waals surface area contributed by atoms with Gasteiger partial charge in [0.2, 0.25) is 0 Å². The lowest BCUT2D eigenvalue weighted by atomic mass is 10.1. The highest BCUT2D eigenvalue weighted by Crippen LogP contribution is 2.26. The molecule has 0 amide bonds. The Labute approximate surface area is 140 Å². The maximum Gasteiger partial charge on any atom is 0.151 e. The zero-order chi connectivity index (χ0) is 16.2. The highest BCUT2D eigenvalue weighted by molar-refractivity contribution is 7.99. The number of aliphatic hydroxyl groups is 1. The van der Waals surface area contributed by atoms with Crippen LogP contribution in [0.15, 0.2) is 12.5 Å². The van der Waals surface area contributed by atoms with E-state index < -0.39 is 0 Å². The van der Waals surface area contributed by atoms with Gasteiger partial charge >= 0.3 is 0 Å². The Morgan fingerprint density at radius 3 is 3.13 bits per heavy atom. The van der Waals surface area contributed by atoms with Gasteiger partial charge in [0, 0.05) is 37.3 Å². The fourth-order valence-corrected chi connectivity index (χ4v) is 4.38. The zero-order valence-corrected chi connectivity index (χ0v) is 14.4. The van der Waals surface area contributed by atoms with Crippen molar-refractivity contribution in [1.82, 2.24) is 19.9 Å². The molecule has 0 radical (unpaired) electrons. The largest absolute Gasteiger partial charge is 0.391 e. The summed E-state index contributed by atoms with van der Waals surface area (Å²) in [5, 5.41) is 10.3. The van der Waals surface area contributed by atoms with E-state index >= 15 is 0 Å². The van der Waals surface area contributed by atoms with E-state index in [2.05, 4.69) is 26.8 Å². The van der Waals surface area contributed by atoms with Crippen molar-refractivity contribution in [3.8, 4) is 0 Å². The van der Waals surface area contributed by atoms with Gasteiger partial charge in [0.1, 0.15) is 11.8 Å². The number of aromatic nitrogens is 3. The third kappa shape index (κ3) is 3.79. The zero-order valence-electron chi connectivity index (χ0n) is 13.5. The van der Waals surface area contributed by atoms with Gasteiger partial charge in [-0.25, -0.2) is 9.97 Å². The number of thioether (sulfide) groups is 1. The molecule has 3 heterocycles. The van der Waals surface area contributed by atoms with Gasteiger partial charge in [-0.3, -0.25) is 4.90 Å². The maximum absolute atomic E-state index is 10.3. The van der Waals surface area contributed by atoms with Crippen LogP contribution in [-0.4, -0.2) is 55.7 Å². The van der Waals surface area contributed by atoms with Crippen LogP contribution in [0.25, 0.3) is 11.0 Å². The first-order valence-electron chi connectivity index (χ1n) is 8.23. The van der Waals surface area contributed by atoms with Crippen LogP contribution in [0.5, 0.6) is 0 Å². The summed E-state index contributed by atoms with van der Waals surface area (Å²) in [5.74, 6) is 3.08. The summed E-state index contributed by atoms with van der Waals surface area (Å²) in [6.45, 7) is 4.66. The van der Waals surface area contributed by atoms with E-state index in [-0.39, 0.29) is 6.10 Å². The number of anilines is 1. The maximum atomic E-state index is 10.3. The van der Waals surface area contributed by atoms with Gasteiger partial charge in [-0.15, -0.1) is 0 Å². The van der Waals surface area contributed by atoms with Crippen molar-refractivity contribution in [3.63, 3.8) is 0 Å². The third-order valence-electron chi connectivity index (χ3n) is 4.42. The molecule has 6 nitrogen and oxygen atoms in total. The molecule has 4 N–H and O–H groups in total. The number of hydrogen-bond donors (Lipinski definition) is 3. The monoisotopic (exact) mass is 335 g/mol. The lowest BCUT2D eigenvalue weighted by Gasteiger charge is -2.14. The second-order valence-electron chi connectivity index (χ2n) is 6.25. The number of H-pyrrole nitrogens is 1. The molecule has 0 bridgehead atoms. The predicted octanol–water partition coefficient (Wildman–Crippen LogP) is 1.87. The summed E-state index contributed by atoms with van der Waals surface area (Å²) in [4.78, 5) is 13.8. The number of nitrogens with two attached hydrogens (primary N) is 1. The highest BCUT2D eigenvalue weighted by atomic mass is 32.2. The Morgan fingerprint density at radius 2 is 2.30 bits per heavy atom. The molecule has 2 aromatic rings. The molecule has 126 valence electrons. The normalized spacial score (nSPS) is 22.2. The molecular formula is C16H25N5OS. The van der Waals surface area contributed by atoms with Crippen LogP contribution in [0.2, 0.25) is 0 Å². The molecule has 2 atom stereocenters. The van der Waals surface area contributed by atoms with Crippen molar-refractivity contribution in [2.24, 2.45) is 5.92 Å². The molecule has 1 aliphatic heterocycles. The average Bonchev–Trinajstić information content (AvgIpc) is 3.09. The van der Waals surface area contributed by atoms with E-state index in [1.807, 2.05) is 18.0 Å². The minimum Gasteiger partial charge on any atom is -0.391 e.